The SMILES string of the molecule is CC1(C)c2ccccc2-c2cccc(-c3ccc(N(c4ccc(-c5ccc6ccccc6c5)cc4)c4ccccc4-c4ccc5sc6ccccc6c5c4)cc3)c21. The second kappa shape index (κ2) is 13.2. The number of anilines is 3. The van der Waals surface area contributed by atoms with Crippen LogP contribution in [0.2, 0.25) is 0 Å². The van der Waals surface area contributed by atoms with Gasteiger partial charge in [0.2, 0.25) is 0 Å². The molecule has 1 heterocycles. The molecular formula is C55H39NS. The van der Waals surface area contributed by atoms with E-state index in [1.165, 1.54) is 86.6 Å². The van der Waals surface area contributed by atoms with Gasteiger partial charge in [-0.2, -0.15) is 0 Å². The molecule has 0 aliphatic heterocycles. The van der Waals surface area contributed by atoms with Crippen LogP contribution >= 0.6 is 11.3 Å². The minimum Gasteiger partial charge on any atom is -0.310 e. The lowest BCUT2D eigenvalue weighted by Crippen LogP contribution is -2.16. The zero-order valence-corrected chi connectivity index (χ0v) is 32.7. The zero-order chi connectivity index (χ0) is 38.1. The molecule has 1 aromatic heterocycles. The van der Waals surface area contributed by atoms with Crippen molar-refractivity contribution in [2.24, 2.45) is 0 Å². The number of hydrogen-bond acceptors (Lipinski definition) is 2. The van der Waals surface area contributed by atoms with Crippen LogP contribution in [-0.4, -0.2) is 0 Å². The van der Waals surface area contributed by atoms with Gasteiger partial charge in [-0.1, -0.05) is 159 Å². The third-order valence-corrected chi connectivity index (χ3v) is 13.2. The highest BCUT2D eigenvalue weighted by atomic mass is 32.1. The maximum atomic E-state index is 2.43. The molecule has 0 atom stereocenters. The summed E-state index contributed by atoms with van der Waals surface area (Å²) < 4.78 is 2.63. The van der Waals surface area contributed by atoms with E-state index in [2.05, 4.69) is 219 Å². The minimum absolute atomic E-state index is 0.0894. The molecule has 11 rings (SSSR count). The number of para-hydroxylation sites is 1. The Morgan fingerprint density at radius 1 is 0.386 bits per heavy atom. The lowest BCUT2D eigenvalue weighted by Gasteiger charge is -2.29. The number of thiophene rings is 1. The van der Waals surface area contributed by atoms with Crippen LogP contribution in [-0.2, 0) is 5.41 Å². The first kappa shape index (κ1) is 33.6. The number of rotatable bonds is 6. The molecule has 0 spiro atoms. The van der Waals surface area contributed by atoms with Crippen molar-refractivity contribution in [3.63, 3.8) is 0 Å². The smallest absolute Gasteiger partial charge is 0.0540 e. The second-order valence-electron chi connectivity index (χ2n) is 15.7. The van der Waals surface area contributed by atoms with Crippen molar-refractivity contribution in [3.05, 3.63) is 211 Å². The highest BCUT2D eigenvalue weighted by Crippen LogP contribution is 2.52. The van der Waals surface area contributed by atoms with Gasteiger partial charge >= 0.3 is 0 Å². The summed E-state index contributed by atoms with van der Waals surface area (Å²) in [6.45, 7) is 4.73. The summed E-state index contributed by atoms with van der Waals surface area (Å²) in [5.41, 5.74) is 16.1. The van der Waals surface area contributed by atoms with Crippen LogP contribution < -0.4 is 4.90 Å². The molecule has 10 aromatic rings. The molecule has 2 heteroatoms. The van der Waals surface area contributed by atoms with Crippen LogP contribution in [0.15, 0.2) is 200 Å². The number of hydrogen-bond donors (Lipinski definition) is 0. The predicted octanol–water partition coefficient (Wildman–Crippen LogP) is 16.0. The van der Waals surface area contributed by atoms with E-state index in [0.717, 1.165) is 17.1 Å². The van der Waals surface area contributed by atoms with Gasteiger partial charge in [0.05, 0.1) is 5.69 Å². The number of fused-ring (bicyclic) bond motifs is 7. The maximum Gasteiger partial charge on any atom is 0.0540 e. The molecule has 1 aliphatic rings. The van der Waals surface area contributed by atoms with Crippen molar-refractivity contribution in [3.8, 4) is 44.5 Å². The number of benzene rings is 9. The Hall–Kier alpha value is -6.74. The Kier molecular flexibility index (Phi) is 7.77. The minimum atomic E-state index is -0.0894. The van der Waals surface area contributed by atoms with Crippen LogP contribution in [0, 0.1) is 0 Å². The Balaban J connectivity index is 1.04. The van der Waals surface area contributed by atoms with E-state index in [4.69, 9.17) is 0 Å². The van der Waals surface area contributed by atoms with Crippen LogP contribution in [0.1, 0.15) is 25.0 Å². The van der Waals surface area contributed by atoms with Gasteiger partial charge in [-0.25, -0.2) is 0 Å². The zero-order valence-electron chi connectivity index (χ0n) is 31.9. The summed E-state index contributed by atoms with van der Waals surface area (Å²) in [4.78, 5) is 2.43. The van der Waals surface area contributed by atoms with E-state index in [1.54, 1.807) is 0 Å². The highest BCUT2D eigenvalue weighted by Gasteiger charge is 2.37. The van der Waals surface area contributed by atoms with E-state index >= 15 is 0 Å². The molecule has 0 N–H and O–H groups in total. The van der Waals surface area contributed by atoms with E-state index < -0.39 is 0 Å². The van der Waals surface area contributed by atoms with Gasteiger partial charge in [-0.05, 0) is 115 Å². The van der Waals surface area contributed by atoms with Gasteiger partial charge in [0, 0.05) is 42.5 Å². The quantitative estimate of drug-likeness (QED) is 0.164. The molecule has 270 valence electrons. The van der Waals surface area contributed by atoms with Gasteiger partial charge in [0.1, 0.15) is 0 Å². The molecule has 0 bridgehead atoms. The van der Waals surface area contributed by atoms with Crippen molar-refractivity contribution in [2.75, 3.05) is 4.90 Å². The molecule has 0 amide bonds. The fourth-order valence-electron chi connectivity index (χ4n) is 9.28. The normalized spacial score (nSPS) is 12.9. The fraction of sp³-hybridized carbons (Fsp3) is 0.0545. The van der Waals surface area contributed by atoms with Gasteiger partial charge in [0.15, 0.2) is 0 Å². The Labute approximate surface area is 337 Å². The van der Waals surface area contributed by atoms with Crippen LogP contribution in [0.3, 0.4) is 0 Å². The van der Waals surface area contributed by atoms with Crippen molar-refractivity contribution in [1.29, 1.82) is 0 Å². The molecule has 57 heavy (non-hydrogen) atoms. The summed E-state index contributed by atoms with van der Waals surface area (Å²) in [5.74, 6) is 0. The molecular weight excluding hydrogens is 707 g/mol. The molecule has 0 saturated carbocycles. The van der Waals surface area contributed by atoms with E-state index in [1.807, 2.05) is 11.3 Å². The molecule has 0 saturated heterocycles. The molecule has 0 fully saturated rings. The van der Waals surface area contributed by atoms with Crippen LogP contribution in [0.4, 0.5) is 17.1 Å². The van der Waals surface area contributed by atoms with Crippen LogP contribution in [0.5, 0.6) is 0 Å². The molecule has 9 aromatic carbocycles. The van der Waals surface area contributed by atoms with E-state index in [-0.39, 0.29) is 5.41 Å². The third-order valence-electron chi connectivity index (χ3n) is 12.1. The molecule has 0 radical (unpaired) electrons. The summed E-state index contributed by atoms with van der Waals surface area (Å²) in [7, 11) is 0. The Bertz CT molecular complexity index is 3150. The first-order valence-electron chi connectivity index (χ1n) is 19.8. The first-order valence-corrected chi connectivity index (χ1v) is 20.6. The monoisotopic (exact) mass is 745 g/mol. The fourth-order valence-corrected chi connectivity index (χ4v) is 10.4. The summed E-state index contributed by atoms with van der Waals surface area (Å²) in [5, 5.41) is 5.12. The summed E-state index contributed by atoms with van der Waals surface area (Å²) >= 11 is 1.86. The van der Waals surface area contributed by atoms with Crippen molar-refractivity contribution >= 4 is 59.3 Å². The lowest BCUT2D eigenvalue weighted by molar-refractivity contribution is 0.662. The maximum absolute atomic E-state index is 2.43. The summed E-state index contributed by atoms with van der Waals surface area (Å²) in [6, 6.07) is 73.9. The highest BCUT2D eigenvalue weighted by molar-refractivity contribution is 7.25. The topological polar surface area (TPSA) is 3.24 Å². The second-order valence-corrected chi connectivity index (χ2v) is 16.8. The molecule has 1 aliphatic carbocycles. The van der Waals surface area contributed by atoms with Crippen molar-refractivity contribution < 1.29 is 0 Å². The average Bonchev–Trinajstić information content (AvgIpc) is 3.76. The Morgan fingerprint density at radius 3 is 1.81 bits per heavy atom. The lowest BCUT2D eigenvalue weighted by atomic mass is 9.79. The van der Waals surface area contributed by atoms with Gasteiger partial charge < -0.3 is 4.90 Å². The van der Waals surface area contributed by atoms with Crippen LogP contribution in [0.25, 0.3) is 75.5 Å². The third kappa shape index (κ3) is 5.51. The van der Waals surface area contributed by atoms with Gasteiger partial charge in [-0.15, -0.1) is 11.3 Å². The van der Waals surface area contributed by atoms with E-state index in [9.17, 15) is 0 Å². The molecule has 1 nitrogen and oxygen atoms in total. The van der Waals surface area contributed by atoms with E-state index in [0.29, 0.717) is 0 Å². The summed E-state index contributed by atoms with van der Waals surface area (Å²) in [6.07, 6.45) is 0. The number of nitrogens with zero attached hydrogens (tertiary/aromatic N) is 1. The van der Waals surface area contributed by atoms with Gasteiger partial charge in [-0.3, -0.25) is 0 Å². The largest absolute Gasteiger partial charge is 0.310 e. The van der Waals surface area contributed by atoms with Crippen molar-refractivity contribution in [2.45, 2.75) is 19.3 Å². The van der Waals surface area contributed by atoms with Gasteiger partial charge in [0.25, 0.3) is 0 Å². The standard InChI is InChI=1S/C55H39NS/c1-55(2)50-19-8-5-15-46(50)48-18-11-17-45(54(48)55)38-26-31-43(32-27-38)56(42-29-24-37(25-30-42)40-23-22-36-12-3-4-13-39(36)34-40)51-20-9-6-14-44(51)41-28-33-53-49(35-41)47-16-7-10-21-52(47)57-53/h3-35H,1-2H3. The average molecular weight is 746 g/mol. The predicted molar refractivity (Wildman–Crippen MR) is 245 cm³/mol. The van der Waals surface area contributed by atoms with Crippen molar-refractivity contribution in [1.82, 2.24) is 0 Å². The first-order chi connectivity index (χ1) is 28.0. The Morgan fingerprint density at radius 2 is 0.982 bits per heavy atom. The molecule has 0 unspecified atom stereocenters.